The highest BCUT2D eigenvalue weighted by molar-refractivity contribution is 5.84. The Morgan fingerprint density at radius 1 is 1.04 bits per heavy atom. The maximum absolute atomic E-state index is 11.9. The molecule has 0 spiro atoms. The number of hydrogen-bond donors (Lipinski definition) is 2. The van der Waals surface area contributed by atoms with Gasteiger partial charge < -0.3 is 15.2 Å². The molecule has 2 aromatic carbocycles. The summed E-state index contributed by atoms with van der Waals surface area (Å²) in [5.41, 5.74) is 6.94. The minimum atomic E-state index is -0.772. The summed E-state index contributed by atoms with van der Waals surface area (Å²) in [6.45, 7) is 0.209. The molecule has 0 saturated heterocycles. The lowest BCUT2D eigenvalue weighted by molar-refractivity contribution is -0.0489. The summed E-state index contributed by atoms with van der Waals surface area (Å²) in [7, 11) is 0. The largest absolute Gasteiger partial charge is 0.444 e. The van der Waals surface area contributed by atoms with Gasteiger partial charge in [-0.15, -0.1) is 0 Å². The minimum absolute atomic E-state index is 0.209. The topological polar surface area (TPSA) is 90.7 Å². The average molecular weight is 340 g/mol. The van der Waals surface area contributed by atoms with Crippen molar-refractivity contribution < 1.29 is 19.1 Å². The summed E-state index contributed by atoms with van der Waals surface area (Å²) in [4.78, 5) is 23.0. The van der Waals surface area contributed by atoms with Crippen LogP contribution in [0.5, 0.6) is 0 Å². The van der Waals surface area contributed by atoms with E-state index in [0.717, 1.165) is 30.4 Å². The van der Waals surface area contributed by atoms with Crippen molar-refractivity contribution in [3.05, 3.63) is 65.7 Å². The van der Waals surface area contributed by atoms with Gasteiger partial charge >= 0.3 is 12.2 Å². The van der Waals surface area contributed by atoms with E-state index in [4.69, 9.17) is 15.2 Å². The molecule has 0 bridgehead atoms. The van der Waals surface area contributed by atoms with E-state index < -0.39 is 17.8 Å². The van der Waals surface area contributed by atoms with Crippen LogP contribution in [0.25, 0.3) is 0 Å². The second kappa shape index (κ2) is 7.25. The molecule has 1 fully saturated rings. The van der Waals surface area contributed by atoms with E-state index in [1.165, 1.54) is 0 Å². The number of primary amides is 1. The molecule has 0 atom stereocenters. The van der Waals surface area contributed by atoms with Crippen LogP contribution in [0.15, 0.2) is 54.6 Å². The van der Waals surface area contributed by atoms with E-state index in [1.54, 1.807) is 12.1 Å². The first kappa shape index (κ1) is 16.8. The zero-order valence-electron chi connectivity index (χ0n) is 13.7. The predicted octanol–water partition coefficient (Wildman–Crippen LogP) is 3.91. The zero-order chi connectivity index (χ0) is 17.7. The van der Waals surface area contributed by atoms with Crippen LogP contribution in [-0.2, 0) is 21.7 Å². The van der Waals surface area contributed by atoms with Gasteiger partial charge in [0.25, 0.3) is 0 Å². The Kier molecular flexibility index (Phi) is 4.88. The fraction of sp³-hybridized carbons (Fsp3) is 0.263. The number of nitrogens with one attached hydrogen (secondary N) is 1. The number of carbonyl (C=O) groups excluding carboxylic acids is 2. The van der Waals surface area contributed by atoms with Crippen LogP contribution < -0.4 is 11.1 Å². The van der Waals surface area contributed by atoms with Crippen molar-refractivity contribution in [1.29, 1.82) is 0 Å². The third kappa shape index (κ3) is 4.09. The number of hydrogen-bond acceptors (Lipinski definition) is 4. The predicted molar refractivity (Wildman–Crippen MR) is 92.9 cm³/mol. The molecule has 130 valence electrons. The molecule has 2 aromatic rings. The van der Waals surface area contributed by atoms with Crippen molar-refractivity contribution >= 4 is 17.9 Å². The molecular formula is C19H20N2O4. The monoisotopic (exact) mass is 340 g/mol. The van der Waals surface area contributed by atoms with Gasteiger partial charge in [0, 0.05) is 5.69 Å². The van der Waals surface area contributed by atoms with E-state index in [0.29, 0.717) is 5.69 Å². The van der Waals surface area contributed by atoms with Gasteiger partial charge in [-0.05, 0) is 42.5 Å². The molecule has 0 radical (unpaired) electrons. The van der Waals surface area contributed by atoms with Crippen molar-refractivity contribution in [3.63, 3.8) is 0 Å². The van der Waals surface area contributed by atoms with Gasteiger partial charge in [-0.1, -0.05) is 42.5 Å². The highest BCUT2D eigenvalue weighted by atomic mass is 16.6. The summed E-state index contributed by atoms with van der Waals surface area (Å²) >= 11 is 0. The molecule has 0 unspecified atom stereocenters. The van der Waals surface area contributed by atoms with E-state index in [-0.39, 0.29) is 6.61 Å². The van der Waals surface area contributed by atoms with E-state index in [2.05, 4.69) is 5.32 Å². The Hall–Kier alpha value is -3.02. The quantitative estimate of drug-likeness (QED) is 0.863. The van der Waals surface area contributed by atoms with Crippen LogP contribution >= 0.6 is 0 Å². The van der Waals surface area contributed by atoms with E-state index >= 15 is 0 Å². The van der Waals surface area contributed by atoms with Gasteiger partial charge in [0.05, 0.1) is 0 Å². The molecule has 6 heteroatoms. The molecule has 25 heavy (non-hydrogen) atoms. The number of ether oxygens (including phenoxy) is 2. The highest BCUT2D eigenvalue weighted by Gasteiger charge is 2.42. The van der Waals surface area contributed by atoms with E-state index in [1.807, 2.05) is 42.5 Å². The van der Waals surface area contributed by atoms with Crippen molar-refractivity contribution in [2.75, 3.05) is 5.32 Å². The zero-order valence-corrected chi connectivity index (χ0v) is 13.7. The van der Waals surface area contributed by atoms with Gasteiger partial charge in [0.2, 0.25) is 0 Å². The van der Waals surface area contributed by atoms with Gasteiger partial charge in [0.15, 0.2) is 0 Å². The fourth-order valence-corrected chi connectivity index (χ4v) is 2.87. The second-order valence-electron chi connectivity index (χ2n) is 6.03. The molecule has 6 nitrogen and oxygen atoms in total. The Labute approximate surface area is 145 Å². The maximum Gasteiger partial charge on any atom is 0.411 e. The second-order valence-corrected chi connectivity index (χ2v) is 6.03. The first-order chi connectivity index (χ1) is 12.1. The van der Waals surface area contributed by atoms with Crippen LogP contribution in [0.3, 0.4) is 0 Å². The van der Waals surface area contributed by atoms with E-state index in [9.17, 15) is 9.59 Å². The molecule has 0 heterocycles. The molecule has 3 rings (SSSR count). The van der Waals surface area contributed by atoms with Crippen molar-refractivity contribution in [1.82, 2.24) is 0 Å². The number of benzene rings is 2. The molecule has 1 aliphatic carbocycles. The Bertz CT molecular complexity index is 740. The van der Waals surface area contributed by atoms with Crippen molar-refractivity contribution in [2.24, 2.45) is 5.73 Å². The standard InChI is InChI=1S/C19H20N2O4/c20-17(22)25-19(11-4-12-19)15-7-9-16(10-8-15)21-18(23)24-13-14-5-2-1-3-6-14/h1-3,5-10H,4,11-13H2,(H2,20,22)(H,21,23). The van der Waals surface area contributed by atoms with Crippen LogP contribution in [0, 0.1) is 0 Å². The lowest BCUT2D eigenvalue weighted by Crippen LogP contribution is -2.40. The Balaban J connectivity index is 1.57. The number of carbonyl (C=O) groups is 2. The molecular weight excluding hydrogens is 320 g/mol. The van der Waals surface area contributed by atoms with Crippen LogP contribution in [0.4, 0.5) is 15.3 Å². The third-order valence-corrected chi connectivity index (χ3v) is 4.33. The maximum atomic E-state index is 11.9. The van der Waals surface area contributed by atoms with Crippen LogP contribution in [-0.4, -0.2) is 12.2 Å². The summed E-state index contributed by atoms with van der Waals surface area (Å²) in [6.07, 6.45) is 1.19. The molecule has 2 amide bonds. The fourth-order valence-electron chi connectivity index (χ4n) is 2.87. The number of nitrogens with two attached hydrogens (primary N) is 1. The first-order valence-electron chi connectivity index (χ1n) is 8.14. The smallest absolute Gasteiger partial charge is 0.411 e. The minimum Gasteiger partial charge on any atom is -0.444 e. The summed E-state index contributed by atoms with van der Waals surface area (Å²) in [5, 5.41) is 2.67. The van der Waals surface area contributed by atoms with Crippen LogP contribution in [0.2, 0.25) is 0 Å². The Morgan fingerprint density at radius 3 is 2.28 bits per heavy atom. The van der Waals surface area contributed by atoms with Crippen molar-refractivity contribution in [2.45, 2.75) is 31.5 Å². The molecule has 3 N–H and O–H groups in total. The van der Waals surface area contributed by atoms with Gasteiger partial charge in [-0.3, -0.25) is 5.32 Å². The Morgan fingerprint density at radius 2 is 1.72 bits per heavy atom. The molecule has 0 aromatic heterocycles. The summed E-state index contributed by atoms with van der Waals surface area (Å²) < 4.78 is 10.5. The van der Waals surface area contributed by atoms with Gasteiger partial charge in [-0.25, -0.2) is 9.59 Å². The normalized spacial score (nSPS) is 14.9. The number of amides is 2. The van der Waals surface area contributed by atoms with Gasteiger partial charge in [-0.2, -0.15) is 0 Å². The van der Waals surface area contributed by atoms with Crippen LogP contribution in [0.1, 0.15) is 30.4 Å². The summed E-state index contributed by atoms with van der Waals surface area (Å²) in [6, 6.07) is 16.6. The van der Waals surface area contributed by atoms with Gasteiger partial charge in [0.1, 0.15) is 12.2 Å². The average Bonchev–Trinajstić information content (AvgIpc) is 2.58. The number of rotatable bonds is 5. The van der Waals surface area contributed by atoms with Crippen molar-refractivity contribution in [3.8, 4) is 0 Å². The number of anilines is 1. The molecule has 1 aliphatic rings. The summed E-state index contributed by atoms with van der Waals surface area (Å²) in [5.74, 6) is 0. The highest BCUT2D eigenvalue weighted by Crippen LogP contribution is 2.44. The third-order valence-electron chi connectivity index (χ3n) is 4.33. The molecule has 1 saturated carbocycles. The SMILES string of the molecule is NC(=O)OC1(c2ccc(NC(=O)OCc3ccccc3)cc2)CCC1. The molecule has 0 aliphatic heterocycles. The first-order valence-corrected chi connectivity index (χ1v) is 8.14. The lowest BCUT2D eigenvalue weighted by atomic mass is 9.75. The lowest BCUT2D eigenvalue weighted by Gasteiger charge is -2.40.